The molecule has 2 saturated heterocycles. The fraction of sp³-hybridized carbons (Fsp3) is 0.360. The number of benzene rings is 1. The summed E-state index contributed by atoms with van der Waals surface area (Å²) in [5.74, 6) is 0.929. The van der Waals surface area contributed by atoms with E-state index >= 15 is 4.39 Å². The van der Waals surface area contributed by atoms with Crippen LogP contribution in [0.3, 0.4) is 0 Å². The zero-order valence-electron chi connectivity index (χ0n) is 18.6. The van der Waals surface area contributed by atoms with Gasteiger partial charge in [-0.1, -0.05) is 5.92 Å². The average Bonchev–Trinajstić information content (AvgIpc) is 3.15. The SMILES string of the molecule is C#Cc1ccc(CN2CCN(c3cc4c(cc3F)C(=O)N(C3CCC(=O)NC3=O)C4)CC2)nc1. The summed E-state index contributed by atoms with van der Waals surface area (Å²) in [7, 11) is 0. The van der Waals surface area contributed by atoms with Gasteiger partial charge in [0.25, 0.3) is 5.91 Å². The summed E-state index contributed by atoms with van der Waals surface area (Å²) in [6, 6.07) is 6.09. The van der Waals surface area contributed by atoms with Crippen molar-refractivity contribution in [2.24, 2.45) is 0 Å². The third-order valence-corrected chi connectivity index (χ3v) is 6.68. The second kappa shape index (κ2) is 8.88. The number of aromatic nitrogens is 1. The predicted octanol–water partition coefficient (Wildman–Crippen LogP) is 1.29. The van der Waals surface area contributed by atoms with E-state index in [1.54, 1.807) is 12.3 Å². The van der Waals surface area contributed by atoms with Gasteiger partial charge < -0.3 is 9.80 Å². The molecule has 0 bridgehead atoms. The summed E-state index contributed by atoms with van der Waals surface area (Å²) in [5, 5.41) is 2.28. The van der Waals surface area contributed by atoms with Gasteiger partial charge in [-0.3, -0.25) is 29.6 Å². The molecule has 1 unspecified atom stereocenters. The normalized spacial score (nSPS) is 20.8. The molecule has 1 N–H and O–H groups in total. The van der Waals surface area contributed by atoms with E-state index in [1.807, 2.05) is 17.0 Å². The number of hydrogen-bond donors (Lipinski definition) is 1. The maximum atomic E-state index is 15.0. The zero-order valence-corrected chi connectivity index (χ0v) is 18.6. The van der Waals surface area contributed by atoms with E-state index in [-0.39, 0.29) is 36.8 Å². The van der Waals surface area contributed by atoms with Crippen molar-refractivity contribution in [1.82, 2.24) is 20.1 Å². The van der Waals surface area contributed by atoms with Gasteiger partial charge in [0.15, 0.2) is 0 Å². The molecule has 1 aromatic heterocycles. The molecule has 174 valence electrons. The lowest BCUT2D eigenvalue weighted by Gasteiger charge is -2.36. The van der Waals surface area contributed by atoms with Crippen molar-refractivity contribution >= 4 is 23.4 Å². The first-order valence-electron chi connectivity index (χ1n) is 11.3. The molecular formula is C25H24FN5O3. The van der Waals surface area contributed by atoms with E-state index in [4.69, 9.17) is 6.42 Å². The standard InChI is InChI=1S/C25H24FN5O3/c1-2-16-3-4-18(27-13-16)15-29-7-9-30(10-8-29)22-11-17-14-31(25(34)19(17)12-20(22)26)21-5-6-23(32)28-24(21)33/h1,3-4,11-13,21H,5-10,14-15H2,(H,28,32,33). The summed E-state index contributed by atoms with van der Waals surface area (Å²) in [4.78, 5) is 46.6. The first-order valence-corrected chi connectivity index (χ1v) is 11.3. The van der Waals surface area contributed by atoms with Crippen molar-refractivity contribution in [3.8, 4) is 12.3 Å². The Kier molecular flexibility index (Phi) is 5.75. The molecule has 0 aliphatic carbocycles. The van der Waals surface area contributed by atoms with Crippen LogP contribution in [0.5, 0.6) is 0 Å². The lowest BCUT2D eigenvalue weighted by atomic mass is 10.0. The highest BCUT2D eigenvalue weighted by Crippen LogP contribution is 2.33. The summed E-state index contributed by atoms with van der Waals surface area (Å²) >= 11 is 0. The molecule has 3 amide bonds. The van der Waals surface area contributed by atoms with Crippen molar-refractivity contribution < 1.29 is 18.8 Å². The fourth-order valence-corrected chi connectivity index (χ4v) is 4.80. The molecule has 0 saturated carbocycles. The van der Waals surface area contributed by atoms with Crippen LogP contribution >= 0.6 is 0 Å². The van der Waals surface area contributed by atoms with Crippen molar-refractivity contribution in [2.45, 2.75) is 32.0 Å². The molecule has 5 rings (SSSR count). The van der Waals surface area contributed by atoms with Gasteiger partial charge in [-0.15, -0.1) is 6.42 Å². The minimum Gasteiger partial charge on any atom is -0.367 e. The van der Waals surface area contributed by atoms with Gasteiger partial charge in [0.1, 0.15) is 11.9 Å². The summed E-state index contributed by atoms with van der Waals surface area (Å²) < 4.78 is 15.0. The van der Waals surface area contributed by atoms with Crippen LogP contribution in [0.4, 0.5) is 10.1 Å². The van der Waals surface area contributed by atoms with E-state index in [2.05, 4.69) is 21.1 Å². The summed E-state index contributed by atoms with van der Waals surface area (Å²) in [5.41, 5.74) is 3.13. The highest BCUT2D eigenvalue weighted by molar-refractivity contribution is 6.05. The van der Waals surface area contributed by atoms with Crippen LogP contribution < -0.4 is 10.2 Å². The molecule has 1 atom stereocenters. The van der Waals surface area contributed by atoms with Gasteiger partial charge in [-0.2, -0.15) is 0 Å². The molecule has 4 heterocycles. The van der Waals surface area contributed by atoms with E-state index in [1.165, 1.54) is 11.0 Å². The lowest BCUT2D eigenvalue weighted by molar-refractivity contribution is -0.136. The van der Waals surface area contributed by atoms with E-state index < -0.39 is 17.8 Å². The number of imide groups is 1. The topological polar surface area (TPSA) is 85.9 Å². The fourth-order valence-electron chi connectivity index (χ4n) is 4.80. The highest BCUT2D eigenvalue weighted by atomic mass is 19.1. The van der Waals surface area contributed by atoms with Gasteiger partial charge in [-0.25, -0.2) is 4.39 Å². The third-order valence-electron chi connectivity index (χ3n) is 6.68. The Hall–Kier alpha value is -3.77. The van der Waals surface area contributed by atoms with Crippen molar-refractivity contribution in [3.05, 3.63) is 58.7 Å². The molecule has 34 heavy (non-hydrogen) atoms. The predicted molar refractivity (Wildman–Crippen MR) is 122 cm³/mol. The molecule has 3 aliphatic heterocycles. The minimum atomic E-state index is -0.712. The number of terminal acetylenes is 1. The van der Waals surface area contributed by atoms with Gasteiger partial charge in [0.2, 0.25) is 11.8 Å². The second-order valence-electron chi connectivity index (χ2n) is 8.81. The number of nitrogens with one attached hydrogen (secondary N) is 1. The number of nitrogens with zero attached hydrogens (tertiary/aromatic N) is 4. The molecule has 2 aromatic rings. The summed E-state index contributed by atoms with van der Waals surface area (Å²) in [6.07, 6.45) is 7.53. The van der Waals surface area contributed by atoms with Crippen LogP contribution in [0, 0.1) is 18.2 Å². The monoisotopic (exact) mass is 461 g/mol. The number of amides is 3. The Bertz CT molecular complexity index is 1200. The van der Waals surface area contributed by atoms with Gasteiger partial charge in [-0.05, 0) is 36.2 Å². The molecule has 0 spiro atoms. The first-order chi connectivity index (χ1) is 16.4. The van der Waals surface area contributed by atoms with E-state index in [9.17, 15) is 14.4 Å². The number of rotatable bonds is 4. The smallest absolute Gasteiger partial charge is 0.255 e. The van der Waals surface area contributed by atoms with Crippen molar-refractivity contribution in [2.75, 3.05) is 31.1 Å². The molecule has 1 aromatic carbocycles. The van der Waals surface area contributed by atoms with E-state index in [0.29, 0.717) is 30.9 Å². The maximum absolute atomic E-state index is 15.0. The first kappa shape index (κ1) is 22.0. The van der Waals surface area contributed by atoms with Crippen molar-refractivity contribution in [1.29, 1.82) is 0 Å². The van der Waals surface area contributed by atoms with Crippen LogP contribution in [0.25, 0.3) is 0 Å². The van der Waals surface area contributed by atoms with Crippen LogP contribution in [0.2, 0.25) is 0 Å². The number of anilines is 1. The Balaban J connectivity index is 1.25. The maximum Gasteiger partial charge on any atom is 0.255 e. The lowest BCUT2D eigenvalue weighted by Crippen LogP contribution is -2.52. The van der Waals surface area contributed by atoms with Crippen LogP contribution in [-0.4, -0.2) is 64.7 Å². The molecule has 9 heteroatoms. The number of hydrogen-bond acceptors (Lipinski definition) is 6. The third kappa shape index (κ3) is 4.13. The molecule has 3 aliphatic rings. The zero-order chi connectivity index (χ0) is 23.8. The number of piperazine rings is 1. The van der Waals surface area contributed by atoms with Gasteiger partial charge >= 0.3 is 0 Å². The van der Waals surface area contributed by atoms with Crippen molar-refractivity contribution in [3.63, 3.8) is 0 Å². The molecule has 2 fully saturated rings. The molecule has 0 radical (unpaired) electrons. The van der Waals surface area contributed by atoms with Crippen LogP contribution in [0.1, 0.15) is 40.0 Å². The molecule has 8 nitrogen and oxygen atoms in total. The largest absolute Gasteiger partial charge is 0.367 e. The molecular weight excluding hydrogens is 437 g/mol. The average molecular weight is 461 g/mol. The van der Waals surface area contributed by atoms with Crippen LogP contribution in [0.15, 0.2) is 30.5 Å². The Labute approximate surface area is 196 Å². The number of pyridine rings is 1. The quantitative estimate of drug-likeness (QED) is 0.546. The number of piperidine rings is 1. The van der Waals surface area contributed by atoms with Gasteiger partial charge in [0, 0.05) is 63.0 Å². The summed E-state index contributed by atoms with van der Waals surface area (Å²) in [6.45, 7) is 3.70. The Morgan fingerprint density at radius 2 is 1.94 bits per heavy atom. The van der Waals surface area contributed by atoms with E-state index in [0.717, 1.165) is 24.3 Å². The van der Waals surface area contributed by atoms with Gasteiger partial charge in [0.05, 0.1) is 11.4 Å². The number of carbonyl (C=O) groups is 3. The number of halogens is 1. The number of carbonyl (C=O) groups excluding carboxylic acids is 3. The minimum absolute atomic E-state index is 0.185. The highest BCUT2D eigenvalue weighted by Gasteiger charge is 2.39. The Morgan fingerprint density at radius 1 is 1.15 bits per heavy atom. The number of fused-ring (bicyclic) bond motifs is 1. The Morgan fingerprint density at radius 3 is 2.62 bits per heavy atom. The van der Waals surface area contributed by atoms with Crippen LogP contribution in [-0.2, 0) is 22.7 Å². The second-order valence-corrected chi connectivity index (χ2v) is 8.81.